The number of benzene rings is 1. The van der Waals surface area contributed by atoms with Gasteiger partial charge in [-0.3, -0.25) is 4.79 Å². The molecule has 0 radical (unpaired) electrons. The van der Waals surface area contributed by atoms with Crippen molar-refractivity contribution in [2.45, 2.75) is 11.8 Å². The lowest BCUT2D eigenvalue weighted by atomic mass is 10.1. The van der Waals surface area contributed by atoms with E-state index in [1.165, 1.54) is 6.08 Å². The summed E-state index contributed by atoms with van der Waals surface area (Å²) in [7, 11) is 3.12. The van der Waals surface area contributed by atoms with E-state index in [1.54, 1.807) is 32.0 Å². The van der Waals surface area contributed by atoms with Gasteiger partial charge in [-0.05, 0) is 24.0 Å². The highest BCUT2D eigenvalue weighted by atomic mass is 32.2. The highest BCUT2D eigenvalue weighted by Gasteiger charge is 2.14. The molecule has 0 atom stereocenters. The minimum atomic E-state index is -0.109. The Kier molecular flexibility index (Phi) is 5.10. The van der Waals surface area contributed by atoms with Crippen molar-refractivity contribution in [2.24, 2.45) is 0 Å². The van der Waals surface area contributed by atoms with Gasteiger partial charge in [0, 0.05) is 10.5 Å². The fraction of sp³-hybridized carbons (Fsp3) is 0.308. The number of carbonyl (C=O) groups is 1. The van der Waals surface area contributed by atoms with Crippen LogP contribution in [0.1, 0.15) is 17.3 Å². The number of allylic oxidation sites excluding steroid dienone is 1. The van der Waals surface area contributed by atoms with Crippen LogP contribution in [0.3, 0.4) is 0 Å². The highest BCUT2D eigenvalue weighted by molar-refractivity contribution is 7.99. The number of thioether (sulfide) groups is 1. The van der Waals surface area contributed by atoms with Crippen molar-refractivity contribution in [1.82, 2.24) is 0 Å². The minimum absolute atomic E-state index is 0.109. The largest absolute Gasteiger partial charge is 0.493 e. The SMILES string of the molecule is C=CC(=O)c1cc(OC)c(OC)cc1SCC. The average Bonchev–Trinajstić information content (AvgIpc) is 2.37. The Morgan fingerprint density at radius 1 is 1.35 bits per heavy atom. The van der Waals surface area contributed by atoms with E-state index in [0.29, 0.717) is 17.1 Å². The van der Waals surface area contributed by atoms with E-state index in [9.17, 15) is 4.79 Å². The predicted molar refractivity (Wildman–Crippen MR) is 70.5 cm³/mol. The van der Waals surface area contributed by atoms with Crippen molar-refractivity contribution in [3.8, 4) is 11.5 Å². The minimum Gasteiger partial charge on any atom is -0.493 e. The van der Waals surface area contributed by atoms with Crippen molar-refractivity contribution in [1.29, 1.82) is 0 Å². The lowest BCUT2D eigenvalue weighted by Crippen LogP contribution is -2.00. The molecule has 17 heavy (non-hydrogen) atoms. The molecule has 0 spiro atoms. The van der Waals surface area contributed by atoms with Crippen LogP contribution in [0.25, 0.3) is 0 Å². The van der Waals surface area contributed by atoms with E-state index in [2.05, 4.69) is 6.58 Å². The molecule has 1 rings (SSSR count). The van der Waals surface area contributed by atoms with Gasteiger partial charge in [0.05, 0.1) is 14.2 Å². The molecule has 0 aromatic heterocycles. The van der Waals surface area contributed by atoms with Crippen LogP contribution in [-0.4, -0.2) is 25.8 Å². The number of hydrogen-bond donors (Lipinski definition) is 0. The van der Waals surface area contributed by atoms with Gasteiger partial charge < -0.3 is 9.47 Å². The van der Waals surface area contributed by atoms with Gasteiger partial charge in [0.2, 0.25) is 0 Å². The summed E-state index contributed by atoms with van der Waals surface area (Å²) >= 11 is 1.59. The summed E-state index contributed by atoms with van der Waals surface area (Å²) in [4.78, 5) is 12.6. The van der Waals surface area contributed by atoms with Gasteiger partial charge in [-0.2, -0.15) is 0 Å². The van der Waals surface area contributed by atoms with E-state index < -0.39 is 0 Å². The van der Waals surface area contributed by atoms with E-state index in [-0.39, 0.29) is 5.78 Å². The molecule has 0 aliphatic rings. The second-order valence-corrected chi connectivity index (χ2v) is 4.51. The Bertz CT molecular complexity index is 427. The Morgan fingerprint density at radius 2 is 1.94 bits per heavy atom. The molecule has 0 aliphatic heterocycles. The molecular formula is C13H16O3S. The summed E-state index contributed by atoms with van der Waals surface area (Å²) in [6, 6.07) is 3.52. The van der Waals surface area contributed by atoms with Crippen LogP contribution in [0, 0.1) is 0 Å². The summed E-state index contributed by atoms with van der Waals surface area (Å²) in [5, 5.41) is 0. The number of hydrogen-bond acceptors (Lipinski definition) is 4. The Hall–Kier alpha value is -1.42. The van der Waals surface area contributed by atoms with Crippen LogP contribution in [0.4, 0.5) is 0 Å². The van der Waals surface area contributed by atoms with Crippen LogP contribution in [-0.2, 0) is 0 Å². The van der Waals surface area contributed by atoms with E-state index in [0.717, 1.165) is 10.6 Å². The van der Waals surface area contributed by atoms with Gasteiger partial charge >= 0.3 is 0 Å². The van der Waals surface area contributed by atoms with Crippen LogP contribution < -0.4 is 9.47 Å². The molecule has 0 heterocycles. The third-order valence-corrected chi connectivity index (χ3v) is 3.17. The third-order valence-electron chi connectivity index (χ3n) is 2.24. The van der Waals surface area contributed by atoms with Crippen molar-refractivity contribution in [3.63, 3.8) is 0 Å². The average molecular weight is 252 g/mol. The van der Waals surface area contributed by atoms with E-state index in [1.807, 2.05) is 13.0 Å². The zero-order chi connectivity index (χ0) is 12.8. The van der Waals surface area contributed by atoms with E-state index >= 15 is 0 Å². The molecule has 0 N–H and O–H groups in total. The van der Waals surface area contributed by atoms with Gasteiger partial charge in [-0.15, -0.1) is 11.8 Å². The van der Waals surface area contributed by atoms with Gasteiger partial charge in [0.25, 0.3) is 0 Å². The summed E-state index contributed by atoms with van der Waals surface area (Å²) in [6.45, 7) is 5.54. The predicted octanol–water partition coefficient (Wildman–Crippen LogP) is 3.18. The fourth-order valence-electron chi connectivity index (χ4n) is 1.44. The molecule has 0 unspecified atom stereocenters. The zero-order valence-electron chi connectivity index (χ0n) is 10.3. The van der Waals surface area contributed by atoms with Crippen LogP contribution >= 0.6 is 11.8 Å². The Labute approximate surface area is 106 Å². The molecule has 0 aliphatic carbocycles. The molecule has 1 aromatic rings. The van der Waals surface area contributed by atoms with Crippen LogP contribution in [0.5, 0.6) is 11.5 Å². The first-order valence-corrected chi connectivity index (χ1v) is 6.22. The van der Waals surface area contributed by atoms with Crippen molar-refractivity contribution in [2.75, 3.05) is 20.0 Å². The molecule has 0 saturated heterocycles. The fourth-order valence-corrected chi connectivity index (χ4v) is 2.25. The topological polar surface area (TPSA) is 35.5 Å². The molecule has 0 bridgehead atoms. The second kappa shape index (κ2) is 6.35. The molecule has 0 fully saturated rings. The summed E-state index contributed by atoms with van der Waals surface area (Å²) < 4.78 is 10.4. The summed E-state index contributed by atoms with van der Waals surface area (Å²) in [6.07, 6.45) is 1.31. The Balaban J connectivity index is 3.33. The van der Waals surface area contributed by atoms with Gasteiger partial charge in [-0.1, -0.05) is 13.5 Å². The maximum atomic E-state index is 11.7. The lowest BCUT2D eigenvalue weighted by Gasteiger charge is -2.12. The number of methoxy groups -OCH3 is 2. The molecule has 92 valence electrons. The quantitative estimate of drug-likeness (QED) is 0.442. The molecule has 4 heteroatoms. The number of ketones is 1. The summed E-state index contributed by atoms with van der Waals surface area (Å²) in [5.41, 5.74) is 0.601. The monoisotopic (exact) mass is 252 g/mol. The standard InChI is InChI=1S/C13H16O3S/c1-5-10(14)9-7-11(15-3)12(16-4)8-13(9)17-6-2/h5,7-8H,1,6H2,2-4H3. The Morgan fingerprint density at radius 3 is 2.41 bits per heavy atom. The smallest absolute Gasteiger partial charge is 0.186 e. The molecule has 3 nitrogen and oxygen atoms in total. The van der Waals surface area contributed by atoms with Gasteiger partial charge in [-0.25, -0.2) is 0 Å². The van der Waals surface area contributed by atoms with Crippen molar-refractivity contribution in [3.05, 3.63) is 30.4 Å². The first-order chi connectivity index (χ1) is 8.17. The van der Waals surface area contributed by atoms with Gasteiger partial charge in [0.1, 0.15) is 0 Å². The first kappa shape index (κ1) is 13.6. The third kappa shape index (κ3) is 3.03. The molecule has 1 aromatic carbocycles. The first-order valence-electron chi connectivity index (χ1n) is 5.23. The highest BCUT2D eigenvalue weighted by Crippen LogP contribution is 2.35. The van der Waals surface area contributed by atoms with Crippen molar-refractivity contribution < 1.29 is 14.3 Å². The second-order valence-electron chi connectivity index (χ2n) is 3.20. The van der Waals surface area contributed by atoms with Crippen LogP contribution in [0.15, 0.2) is 29.7 Å². The molecular weight excluding hydrogens is 236 g/mol. The molecule has 0 amide bonds. The van der Waals surface area contributed by atoms with Crippen LogP contribution in [0.2, 0.25) is 0 Å². The van der Waals surface area contributed by atoms with E-state index in [4.69, 9.17) is 9.47 Å². The lowest BCUT2D eigenvalue weighted by molar-refractivity contribution is 0.104. The molecule has 0 saturated carbocycles. The zero-order valence-corrected chi connectivity index (χ0v) is 11.1. The normalized spacial score (nSPS) is 9.82. The maximum absolute atomic E-state index is 11.7. The number of rotatable bonds is 6. The summed E-state index contributed by atoms with van der Waals surface area (Å²) in [5.74, 6) is 1.96. The van der Waals surface area contributed by atoms with Crippen molar-refractivity contribution >= 4 is 17.5 Å². The number of ether oxygens (including phenoxy) is 2. The number of carbonyl (C=O) groups excluding carboxylic acids is 1. The maximum Gasteiger partial charge on any atom is 0.186 e. The van der Waals surface area contributed by atoms with Gasteiger partial charge in [0.15, 0.2) is 17.3 Å².